The first-order valence-electron chi connectivity index (χ1n) is 9.59. The summed E-state index contributed by atoms with van der Waals surface area (Å²) in [5, 5.41) is 15.1. The van der Waals surface area contributed by atoms with E-state index in [0.717, 1.165) is 31.5 Å². The van der Waals surface area contributed by atoms with E-state index in [1.54, 1.807) is 24.3 Å². The minimum Gasteiger partial charge on any atom is -0.484 e. The average molecular weight is 396 g/mol. The number of nitro benzene ring substituents is 1. The van der Waals surface area contributed by atoms with E-state index in [1.165, 1.54) is 18.6 Å². The Morgan fingerprint density at radius 1 is 1.17 bits per heavy atom. The summed E-state index contributed by atoms with van der Waals surface area (Å²) in [7, 11) is 0. The number of hydrazone groups is 1. The van der Waals surface area contributed by atoms with Crippen molar-refractivity contribution in [3.63, 3.8) is 0 Å². The highest BCUT2D eigenvalue weighted by Gasteiger charge is 2.16. The summed E-state index contributed by atoms with van der Waals surface area (Å²) in [6.07, 6.45) is 3.30. The van der Waals surface area contributed by atoms with E-state index in [-0.39, 0.29) is 18.2 Å². The Morgan fingerprint density at radius 3 is 2.59 bits per heavy atom. The van der Waals surface area contributed by atoms with Crippen LogP contribution < -0.4 is 10.2 Å². The van der Waals surface area contributed by atoms with Crippen molar-refractivity contribution in [2.45, 2.75) is 26.2 Å². The number of anilines is 1. The van der Waals surface area contributed by atoms with Gasteiger partial charge in [0, 0.05) is 25.2 Å². The Morgan fingerprint density at radius 2 is 1.90 bits per heavy atom. The van der Waals surface area contributed by atoms with Crippen molar-refractivity contribution in [1.29, 1.82) is 0 Å². The molecule has 1 amide bonds. The molecule has 1 aliphatic heterocycles. The van der Waals surface area contributed by atoms with Crippen molar-refractivity contribution in [3.05, 3.63) is 64.2 Å². The lowest BCUT2D eigenvalue weighted by Crippen LogP contribution is -2.38. The molecule has 1 fully saturated rings. The number of carbonyl (C=O) groups is 1. The van der Waals surface area contributed by atoms with E-state index in [2.05, 4.69) is 10.5 Å². The van der Waals surface area contributed by atoms with Gasteiger partial charge >= 0.3 is 0 Å². The lowest BCUT2D eigenvalue weighted by Gasteiger charge is -2.26. The highest BCUT2D eigenvalue weighted by Crippen LogP contribution is 2.18. The summed E-state index contributed by atoms with van der Waals surface area (Å²) in [6.45, 7) is 3.50. The van der Waals surface area contributed by atoms with Gasteiger partial charge in [0.25, 0.3) is 11.6 Å². The molecule has 0 unspecified atom stereocenters. The molecular weight excluding hydrogens is 372 g/mol. The molecule has 1 N–H and O–H groups in total. The first kappa shape index (κ1) is 20.3. The van der Waals surface area contributed by atoms with Gasteiger partial charge in [-0.25, -0.2) is 0 Å². The van der Waals surface area contributed by atoms with Crippen molar-refractivity contribution in [2.24, 2.45) is 5.10 Å². The molecule has 152 valence electrons. The number of ether oxygens (including phenoxy) is 1. The molecule has 2 aromatic carbocycles. The van der Waals surface area contributed by atoms with Crippen molar-refractivity contribution < 1.29 is 14.5 Å². The third-order valence-corrected chi connectivity index (χ3v) is 4.75. The van der Waals surface area contributed by atoms with E-state index >= 15 is 0 Å². The van der Waals surface area contributed by atoms with E-state index < -0.39 is 4.92 Å². The summed E-state index contributed by atoms with van der Waals surface area (Å²) in [6, 6.07) is 13.5. The van der Waals surface area contributed by atoms with Gasteiger partial charge in [0.15, 0.2) is 6.61 Å². The summed E-state index contributed by atoms with van der Waals surface area (Å²) >= 11 is 0. The van der Waals surface area contributed by atoms with Gasteiger partial charge in [0.2, 0.25) is 0 Å². The molecule has 3 rings (SSSR count). The normalized spacial score (nSPS) is 14.4. The minimum atomic E-state index is -0.448. The second-order valence-corrected chi connectivity index (χ2v) is 6.87. The van der Waals surface area contributed by atoms with Crippen LogP contribution in [0.5, 0.6) is 5.75 Å². The van der Waals surface area contributed by atoms with Crippen LogP contribution in [0.4, 0.5) is 11.4 Å². The van der Waals surface area contributed by atoms with Crippen molar-refractivity contribution in [1.82, 2.24) is 4.90 Å². The number of carbonyl (C=O) groups excluding carboxylic acids is 1. The molecule has 0 atom stereocenters. The number of amides is 1. The number of likely N-dealkylation sites (tertiary alicyclic amines) is 1. The number of nitrogens with one attached hydrogen (secondary N) is 1. The number of hydrogen-bond donors (Lipinski definition) is 1. The molecule has 0 radical (unpaired) electrons. The molecule has 1 aliphatic rings. The van der Waals surface area contributed by atoms with Crippen LogP contribution in [0.2, 0.25) is 0 Å². The van der Waals surface area contributed by atoms with Crippen LogP contribution in [-0.4, -0.2) is 41.1 Å². The fourth-order valence-electron chi connectivity index (χ4n) is 3.07. The SMILES string of the molecule is C/C(=N/Nc1cccc([N+](=O)[O-])c1)c1ccc(OCC(=O)N2CCCCC2)cc1. The molecule has 8 heteroatoms. The number of nitro groups is 1. The summed E-state index contributed by atoms with van der Waals surface area (Å²) < 4.78 is 5.61. The third kappa shape index (κ3) is 5.78. The summed E-state index contributed by atoms with van der Waals surface area (Å²) in [5.41, 5.74) is 4.96. The zero-order chi connectivity index (χ0) is 20.6. The summed E-state index contributed by atoms with van der Waals surface area (Å²) in [4.78, 5) is 24.4. The maximum absolute atomic E-state index is 12.2. The van der Waals surface area contributed by atoms with Gasteiger partial charge in [-0.3, -0.25) is 20.3 Å². The quantitative estimate of drug-likeness (QED) is 0.436. The smallest absolute Gasteiger partial charge is 0.271 e. The molecule has 0 aliphatic carbocycles. The molecule has 0 spiro atoms. The number of non-ortho nitro benzene ring substituents is 1. The van der Waals surface area contributed by atoms with Crippen molar-refractivity contribution in [2.75, 3.05) is 25.1 Å². The van der Waals surface area contributed by atoms with Gasteiger partial charge in [0.1, 0.15) is 5.75 Å². The molecular formula is C21H24N4O4. The standard InChI is InChI=1S/C21H24N4O4/c1-16(22-23-18-6-5-7-19(14-18)25(27)28)17-8-10-20(11-9-17)29-15-21(26)24-12-3-2-4-13-24/h5-11,14,23H,2-4,12-13,15H2,1H3/b22-16-. The molecule has 2 aromatic rings. The largest absolute Gasteiger partial charge is 0.484 e. The molecule has 1 heterocycles. The fourth-order valence-corrected chi connectivity index (χ4v) is 3.07. The van der Waals surface area contributed by atoms with Crippen LogP contribution >= 0.6 is 0 Å². The van der Waals surface area contributed by atoms with Gasteiger partial charge < -0.3 is 9.64 Å². The second kappa shape index (κ2) is 9.68. The number of rotatable bonds is 7. The van der Waals surface area contributed by atoms with Gasteiger partial charge in [-0.1, -0.05) is 6.07 Å². The number of hydrogen-bond acceptors (Lipinski definition) is 6. The van der Waals surface area contributed by atoms with Crippen LogP contribution in [-0.2, 0) is 4.79 Å². The van der Waals surface area contributed by atoms with Crippen LogP contribution in [0.1, 0.15) is 31.7 Å². The molecule has 0 aromatic heterocycles. The lowest BCUT2D eigenvalue weighted by molar-refractivity contribution is -0.384. The number of benzene rings is 2. The highest BCUT2D eigenvalue weighted by molar-refractivity contribution is 5.99. The van der Waals surface area contributed by atoms with Gasteiger partial charge in [-0.15, -0.1) is 0 Å². The molecule has 0 saturated carbocycles. The zero-order valence-corrected chi connectivity index (χ0v) is 16.3. The minimum absolute atomic E-state index is 0.00320. The van der Waals surface area contributed by atoms with E-state index in [0.29, 0.717) is 17.1 Å². The molecule has 0 bridgehead atoms. The highest BCUT2D eigenvalue weighted by atomic mass is 16.6. The average Bonchev–Trinajstić information content (AvgIpc) is 2.77. The van der Waals surface area contributed by atoms with Gasteiger partial charge in [-0.05, 0) is 62.1 Å². The van der Waals surface area contributed by atoms with Crippen molar-refractivity contribution in [3.8, 4) is 5.75 Å². The Kier molecular flexibility index (Phi) is 6.78. The summed E-state index contributed by atoms with van der Waals surface area (Å²) in [5.74, 6) is 0.645. The van der Waals surface area contributed by atoms with Crippen LogP contribution in [0.15, 0.2) is 53.6 Å². The van der Waals surface area contributed by atoms with Crippen molar-refractivity contribution >= 4 is 23.0 Å². The van der Waals surface area contributed by atoms with Gasteiger partial charge in [0.05, 0.1) is 16.3 Å². The topological polar surface area (TPSA) is 97.1 Å². The van der Waals surface area contributed by atoms with Crippen LogP contribution in [0.3, 0.4) is 0 Å². The zero-order valence-electron chi connectivity index (χ0n) is 16.3. The maximum Gasteiger partial charge on any atom is 0.271 e. The maximum atomic E-state index is 12.2. The Hall–Kier alpha value is -3.42. The van der Waals surface area contributed by atoms with E-state index in [9.17, 15) is 14.9 Å². The number of piperidine rings is 1. The number of nitrogens with zero attached hydrogens (tertiary/aromatic N) is 3. The Bertz CT molecular complexity index is 890. The van der Waals surface area contributed by atoms with Crippen LogP contribution in [0.25, 0.3) is 0 Å². The molecule has 1 saturated heterocycles. The Balaban J connectivity index is 1.54. The molecule has 8 nitrogen and oxygen atoms in total. The predicted molar refractivity (Wildman–Crippen MR) is 111 cm³/mol. The predicted octanol–water partition coefficient (Wildman–Crippen LogP) is 3.82. The Labute approximate surface area is 169 Å². The van der Waals surface area contributed by atoms with E-state index in [1.807, 2.05) is 24.0 Å². The van der Waals surface area contributed by atoms with Gasteiger partial charge in [-0.2, -0.15) is 5.10 Å². The molecule has 29 heavy (non-hydrogen) atoms. The lowest BCUT2D eigenvalue weighted by atomic mass is 10.1. The fraction of sp³-hybridized carbons (Fsp3) is 0.333. The van der Waals surface area contributed by atoms with E-state index in [4.69, 9.17) is 4.74 Å². The second-order valence-electron chi connectivity index (χ2n) is 6.87. The van der Waals surface area contributed by atoms with Crippen LogP contribution in [0, 0.1) is 10.1 Å². The third-order valence-electron chi connectivity index (χ3n) is 4.75. The first-order chi connectivity index (χ1) is 14.0. The first-order valence-corrected chi connectivity index (χ1v) is 9.59. The monoisotopic (exact) mass is 396 g/mol.